The fourth-order valence-corrected chi connectivity index (χ4v) is 6.17. The largest absolute Gasteiger partial charge is 0.494 e. The lowest BCUT2D eigenvalue weighted by Crippen LogP contribution is -2.32. The molecule has 0 aliphatic heterocycles. The minimum absolute atomic E-state index is 0.286. The van der Waals surface area contributed by atoms with Gasteiger partial charge in [0.1, 0.15) is 23.0 Å². The molecule has 0 bridgehead atoms. The zero-order valence-corrected chi connectivity index (χ0v) is 32.3. The fourth-order valence-electron chi connectivity index (χ4n) is 6.17. The van der Waals surface area contributed by atoms with Gasteiger partial charge >= 0.3 is 14.2 Å². The second-order valence-electron chi connectivity index (χ2n) is 13.7. The minimum atomic E-state index is -1.70. The van der Waals surface area contributed by atoms with E-state index in [1.807, 2.05) is 36.4 Å². The van der Waals surface area contributed by atoms with Crippen LogP contribution >= 0.6 is 0 Å². The molecule has 0 aromatic heterocycles. The van der Waals surface area contributed by atoms with Crippen molar-refractivity contribution < 1.29 is 39.0 Å². The smallest absolute Gasteiger partial charge is 0.492 e. The van der Waals surface area contributed by atoms with Crippen molar-refractivity contribution in [3.8, 4) is 45.3 Å². The maximum absolute atomic E-state index is 10.3. The summed E-state index contributed by atoms with van der Waals surface area (Å²) >= 11 is 0. The highest BCUT2D eigenvalue weighted by Gasteiger charge is 2.24. The molecule has 8 nitrogen and oxygen atoms in total. The van der Waals surface area contributed by atoms with Gasteiger partial charge in [-0.15, -0.1) is 0 Å². The van der Waals surface area contributed by atoms with E-state index in [1.165, 1.54) is 0 Å². The van der Waals surface area contributed by atoms with Crippen LogP contribution in [0.25, 0.3) is 22.3 Å². The number of ether oxygens (including phenoxy) is 4. The van der Waals surface area contributed by atoms with Gasteiger partial charge in [-0.25, -0.2) is 0 Å². The molecule has 0 atom stereocenters. The van der Waals surface area contributed by atoms with Crippen LogP contribution in [0.5, 0.6) is 23.0 Å². The highest BCUT2D eigenvalue weighted by molar-refractivity contribution is 6.60. The third kappa shape index (κ3) is 14.3. The van der Waals surface area contributed by atoms with Crippen LogP contribution in [0.15, 0.2) is 48.5 Å². The van der Waals surface area contributed by atoms with Gasteiger partial charge in [0.15, 0.2) is 0 Å². The normalized spacial score (nSPS) is 11.1. The van der Waals surface area contributed by atoms with Crippen LogP contribution in [-0.4, -0.2) is 60.8 Å². The Bertz CT molecular complexity index is 1310. The predicted octanol–water partition coefficient (Wildman–Crippen LogP) is 8.22. The third-order valence-electron chi connectivity index (χ3n) is 9.31. The number of unbranched alkanes of at least 4 members (excludes halogenated alkanes) is 12. The van der Waals surface area contributed by atoms with Crippen molar-refractivity contribution in [2.45, 2.75) is 130 Å². The Morgan fingerprint density at radius 2 is 0.673 bits per heavy atom. The zero-order valence-electron chi connectivity index (χ0n) is 32.3. The van der Waals surface area contributed by atoms with Gasteiger partial charge in [0.25, 0.3) is 0 Å². The van der Waals surface area contributed by atoms with Crippen molar-refractivity contribution in [3.05, 3.63) is 48.5 Å². The Morgan fingerprint density at radius 1 is 0.385 bits per heavy atom. The summed E-state index contributed by atoms with van der Waals surface area (Å²) in [5.41, 5.74) is 3.95. The van der Waals surface area contributed by atoms with Crippen LogP contribution in [0.3, 0.4) is 0 Å². The SMILES string of the molecule is CCCCCCOc1cc(-c2ccc(-c3cc(OCCCCCC)c(B(O)O)cc3OCCCCCC)cc2)c(OCCCCCC)cc1B(O)O. The average molecular weight is 719 g/mol. The Balaban J connectivity index is 2.02. The number of rotatable bonds is 28. The van der Waals surface area contributed by atoms with Gasteiger partial charge in [0, 0.05) is 22.1 Å². The van der Waals surface area contributed by atoms with Crippen LogP contribution in [0.1, 0.15) is 130 Å². The van der Waals surface area contributed by atoms with Gasteiger partial charge in [0.2, 0.25) is 0 Å². The number of hydrogen-bond acceptors (Lipinski definition) is 8. The third-order valence-corrected chi connectivity index (χ3v) is 9.31. The first-order valence-electron chi connectivity index (χ1n) is 20.0. The fraction of sp³-hybridized carbons (Fsp3) is 0.571. The van der Waals surface area contributed by atoms with E-state index in [1.54, 1.807) is 12.1 Å². The average Bonchev–Trinajstić information content (AvgIpc) is 3.14. The Hall–Kier alpha value is -3.17. The van der Waals surface area contributed by atoms with Crippen LogP contribution in [-0.2, 0) is 0 Å². The molecule has 52 heavy (non-hydrogen) atoms. The second kappa shape index (κ2) is 25.0. The molecule has 0 aliphatic carbocycles. The van der Waals surface area contributed by atoms with E-state index in [4.69, 9.17) is 18.9 Å². The van der Waals surface area contributed by atoms with Crippen LogP contribution in [0, 0.1) is 0 Å². The van der Waals surface area contributed by atoms with Crippen molar-refractivity contribution >= 4 is 25.2 Å². The maximum Gasteiger partial charge on any atom is 0.492 e. The summed E-state index contributed by atoms with van der Waals surface area (Å²) in [6.07, 6.45) is 16.8. The summed E-state index contributed by atoms with van der Waals surface area (Å²) in [5, 5.41) is 41.2. The van der Waals surface area contributed by atoms with E-state index >= 15 is 0 Å². The molecule has 0 heterocycles. The summed E-state index contributed by atoms with van der Waals surface area (Å²) in [4.78, 5) is 0. The van der Waals surface area contributed by atoms with Gasteiger partial charge in [-0.05, 0) is 61.1 Å². The highest BCUT2D eigenvalue weighted by Crippen LogP contribution is 2.37. The molecule has 0 saturated heterocycles. The Labute approximate surface area is 314 Å². The summed E-state index contributed by atoms with van der Waals surface area (Å²) in [6.45, 7) is 10.7. The van der Waals surface area contributed by atoms with Gasteiger partial charge in [-0.2, -0.15) is 0 Å². The molecule has 0 aliphatic rings. The second-order valence-corrected chi connectivity index (χ2v) is 13.7. The van der Waals surface area contributed by atoms with Gasteiger partial charge in [0.05, 0.1) is 26.4 Å². The molecular weight excluding hydrogens is 654 g/mol. The molecule has 3 rings (SSSR count). The first-order valence-corrected chi connectivity index (χ1v) is 20.0. The summed E-state index contributed by atoms with van der Waals surface area (Å²) in [5.74, 6) is 2.01. The van der Waals surface area contributed by atoms with Crippen LogP contribution < -0.4 is 29.9 Å². The molecule has 3 aromatic rings. The summed E-state index contributed by atoms with van der Waals surface area (Å²) in [7, 11) is -3.40. The van der Waals surface area contributed by atoms with E-state index in [9.17, 15) is 20.1 Å². The first-order chi connectivity index (χ1) is 25.3. The molecule has 0 unspecified atom stereocenters. The lowest BCUT2D eigenvalue weighted by Gasteiger charge is -2.19. The van der Waals surface area contributed by atoms with Crippen molar-refractivity contribution in [1.29, 1.82) is 0 Å². The number of hydrogen-bond donors (Lipinski definition) is 4. The molecule has 0 amide bonds. The lowest BCUT2D eigenvalue weighted by molar-refractivity contribution is 0.298. The maximum atomic E-state index is 10.3. The number of benzene rings is 3. The van der Waals surface area contributed by atoms with Crippen molar-refractivity contribution in [2.24, 2.45) is 0 Å². The predicted molar refractivity (Wildman–Crippen MR) is 216 cm³/mol. The molecule has 0 fully saturated rings. The van der Waals surface area contributed by atoms with E-state index in [2.05, 4.69) is 27.7 Å². The first kappa shape index (κ1) is 43.2. The summed E-state index contributed by atoms with van der Waals surface area (Å²) < 4.78 is 24.9. The van der Waals surface area contributed by atoms with Crippen molar-refractivity contribution in [1.82, 2.24) is 0 Å². The quantitative estimate of drug-likeness (QED) is 0.0439. The molecule has 286 valence electrons. The zero-order chi connectivity index (χ0) is 37.6. The van der Waals surface area contributed by atoms with E-state index < -0.39 is 14.2 Å². The summed E-state index contributed by atoms with van der Waals surface area (Å²) in [6, 6.07) is 15.2. The molecule has 0 spiro atoms. The minimum Gasteiger partial charge on any atom is -0.494 e. The van der Waals surface area contributed by atoms with E-state index in [0.29, 0.717) is 49.4 Å². The molecular formula is C42H64B2O8. The standard InChI is InChI=1S/C42H64B2O8/c1-5-9-13-17-25-49-39-31-37(43(45)46)41(51-27-19-15-11-7-3)29-35(39)33-21-23-34(24-22-33)36-30-42(52-28-20-16-12-8-4)38(44(47)48)32-40(36)50-26-18-14-10-6-2/h21-24,29-32,45-48H,5-20,25-28H2,1-4H3. The topological polar surface area (TPSA) is 118 Å². The van der Waals surface area contributed by atoms with Gasteiger partial charge in [-0.3, -0.25) is 0 Å². The Kier molecular flexibility index (Phi) is 20.8. The van der Waals surface area contributed by atoms with Crippen molar-refractivity contribution in [3.63, 3.8) is 0 Å². The monoisotopic (exact) mass is 718 g/mol. The molecule has 3 aromatic carbocycles. The Morgan fingerprint density at radius 3 is 0.942 bits per heavy atom. The molecule has 4 N–H and O–H groups in total. The molecule has 0 saturated carbocycles. The van der Waals surface area contributed by atoms with Gasteiger partial charge in [-0.1, -0.05) is 129 Å². The van der Waals surface area contributed by atoms with Gasteiger partial charge < -0.3 is 39.0 Å². The highest BCUT2D eigenvalue weighted by atomic mass is 16.5. The van der Waals surface area contributed by atoms with Crippen LogP contribution in [0.2, 0.25) is 0 Å². The van der Waals surface area contributed by atoms with Crippen molar-refractivity contribution in [2.75, 3.05) is 26.4 Å². The molecule has 0 radical (unpaired) electrons. The van der Waals surface area contributed by atoms with E-state index in [0.717, 1.165) is 125 Å². The van der Waals surface area contributed by atoms with E-state index in [-0.39, 0.29) is 10.9 Å². The molecule has 10 heteroatoms. The lowest BCUT2D eigenvalue weighted by atomic mass is 9.78. The van der Waals surface area contributed by atoms with Crippen LogP contribution in [0.4, 0.5) is 0 Å².